The number of anilines is 1. The van der Waals surface area contributed by atoms with Crippen LogP contribution in [0.25, 0.3) is 0 Å². The Labute approximate surface area is 223 Å². The number of ether oxygens (including phenoxy) is 1. The van der Waals surface area contributed by atoms with E-state index in [0.717, 1.165) is 30.8 Å². The minimum Gasteiger partial charge on any atom is -0.485 e. The third-order valence-corrected chi connectivity index (χ3v) is 11.0. The monoisotopic (exact) mass is 576 g/mol. The van der Waals surface area contributed by atoms with Crippen LogP contribution < -0.4 is 20.5 Å². The van der Waals surface area contributed by atoms with Crippen molar-refractivity contribution in [3.63, 3.8) is 0 Å². The van der Waals surface area contributed by atoms with Crippen molar-refractivity contribution < 1.29 is 36.0 Å². The van der Waals surface area contributed by atoms with Crippen molar-refractivity contribution in [1.82, 2.24) is 14.7 Å². The van der Waals surface area contributed by atoms with Gasteiger partial charge in [0, 0.05) is 6.54 Å². The number of carbonyl (C=O) groups is 1. The summed E-state index contributed by atoms with van der Waals surface area (Å²) in [5.74, 6) is -5.91. The van der Waals surface area contributed by atoms with Crippen LogP contribution >= 0.6 is 10.5 Å². The third-order valence-electron chi connectivity index (χ3n) is 7.04. The lowest BCUT2D eigenvalue weighted by atomic mass is 9.89. The van der Waals surface area contributed by atoms with E-state index in [1.54, 1.807) is 20.8 Å². The number of pyridine rings is 2. The first kappa shape index (κ1) is 29.0. The number of nitrogens with one attached hydrogen (secondary N) is 2. The minimum absolute atomic E-state index is 0.0303. The van der Waals surface area contributed by atoms with Gasteiger partial charge in [-0.25, -0.2) is 23.1 Å². The van der Waals surface area contributed by atoms with Gasteiger partial charge in [0.25, 0.3) is 5.91 Å². The quantitative estimate of drug-likeness (QED) is 0.358. The van der Waals surface area contributed by atoms with Crippen molar-refractivity contribution >= 4 is 28.1 Å². The van der Waals surface area contributed by atoms with Crippen LogP contribution in [0.5, 0.6) is 5.75 Å². The normalized spacial score (nSPS) is 26.5. The summed E-state index contributed by atoms with van der Waals surface area (Å²) in [7, 11) is -2.59. The molecule has 0 spiro atoms. The fraction of sp³-hybridized carbons (Fsp3) is 0.500. The Morgan fingerprint density at radius 1 is 1.31 bits per heavy atom. The fourth-order valence-electron chi connectivity index (χ4n) is 4.65. The van der Waals surface area contributed by atoms with E-state index >= 15 is 4.39 Å². The van der Waals surface area contributed by atoms with Gasteiger partial charge in [-0.15, -0.1) is 0 Å². The molecule has 0 saturated carbocycles. The predicted molar refractivity (Wildman–Crippen MR) is 137 cm³/mol. The molecule has 1 amide bonds. The van der Waals surface area contributed by atoms with Crippen molar-refractivity contribution in [3.8, 4) is 5.75 Å². The molecule has 0 aromatic carbocycles. The molecule has 0 aliphatic carbocycles. The molecule has 3 atom stereocenters. The smallest absolute Gasteiger partial charge is 0.340 e. The Morgan fingerprint density at radius 3 is 2.67 bits per heavy atom. The second-order valence-electron chi connectivity index (χ2n) is 10.0. The summed E-state index contributed by atoms with van der Waals surface area (Å²) in [6.07, 6.45) is -1.68. The first-order valence-corrected chi connectivity index (χ1v) is 13.6. The van der Waals surface area contributed by atoms with Crippen LogP contribution in [0.1, 0.15) is 49.8 Å². The van der Waals surface area contributed by atoms with Crippen molar-refractivity contribution in [2.24, 2.45) is 10.7 Å². The molecule has 1 saturated heterocycles. The highest BCUT2D eigenvalue weighted by Crippen LogP contribution is 2.66. The molecular formula is C24H29F5N6O3S. The number of rotatable bonds is 7. The van der Waals surface area contributed by atoms with Crippen molar-refractivity contribution in [3.05, 3.63) is 47.7 Å². The van der Waals surface area contributed by atoms with Gasteiger partial charge >= 0.3 is 12.3 Å². The highest BCUT2D eigenvalue weighted by Gasteiger charge is 2.60. The molecule has 2 aliphatic rings. The highest BCUT2D eigenvalue weighted by molar-refractivity contribution is 8.29. The molecule has 0 unspecified atom stereocenters. The summed E-state index contributed by atoms with van der Waals surface area (Å²) >= 11 is 0. The molecule has 15 heteroatoms. The van der Waals surface area contributed by atoms with Crippen molar-refractivity contribution in [2.45, 2.75) is 61.5 Å². The SMILES string of the molecule is CC1(C)C(N)=N[C@](C)(c2nc(NC(=O)c3ccc(OCC(F)(F)C(F)F)cn3)ccc2F)[C@H]2CCCN[S@]21O. The summed E-state index contributed by atoms with van der Waals surface area (Å²) in [6.45, 7) is 4.25. The summed E-state index contributed by atoms with van der Waals surface area (Å²) in [6, 6.07) is 4.62. The van der Waals surface area contributed by atoms with Gasteiger partial charge in [-0.05, 0) is 57.9 Å². The molecule has 9 nitrogen and oxygen atoms in total. The van der Waals surface area contributed by atoms with E-state index in [2.05, 4.69) is 29.7 Å². The van der Waals surface area contributed by atoms with E-state index in [1.165, 1.54) is 6.07 Å². The van der Waals surface area contributed by atoms with Gasteiger partial charge in [-0.2, -0.15) is 8.78 Å². The molecule has 4 heterocycles. The Kier molecular flexibility index (Phi) is 7.55. The second kappa shape index (κ2) is 10.2. The summed E-state index contributed by atoms with van der Waals surface area (Å²) in [5, 5.41) is 1.98. The third kappa shape index (κ3) is 5.14. The lowest BCUT2D eigenvalue weighted by molar-refractivity contribution is -0.148. The molecule has 2 aromatic rings. The van der Waals surface area contributed by atoms with Gasteiger partial charge in [-0.1, -0.05) is 10.5 Å². The predicted octanol–water partition coefficient (Wildman–Crippen LogP) is 4.46. The standard InChI is InChI=1S/C24H29F5N6O3S/c1-22(2)21(30)35-23(3,16-5-4-10-32-39(16,22)37)18-14(25)7-9-17(33-18)34-19(36)15-8-6-13(11-31-15)38-12-24(28,29)20(26)27/h6-9,11,16,20,32,37H,4-5,10,12H2,1-3H3,(H2,30,35)(H,33,34,36)/t16-,23+/m1/s1. The van der Waals surface area contributed by atoms with Gasteiger partial charge in [0.05, 0.1) is 16.2 Å². The fourth-order valence-corrected chi connectivity index (χ4v) is 8.08. The van der Waals surface area contributed by atoms with E-state index in [0.29, 0.717) is 13.0 Å². The maximum Gasteiger partial charge on any atom is 0.340 e. The topological polar surface area (TPSA) is 135 Å². The number of alkyl halides is 4. The van der Waals surface area contributed by atoms with Crippen LogP contribution in [-0.2, 0) is 5.54 Å². The number of fused-ring (bicyclic) bond motifs is 1. The molecule has 0 radical (unpaired) electrons. The molecule has 1 fully saturated rings. The number of nitrogens with two attached hydrogens (primary N) is 1. The van der Waals surface area contributed by atoms with Crippen molar-refractivity contribution in [1.29, 1.82) is 0 Å². The number of amides is 1. The van der Waals surface area contributed by atoms with E-state index in [9.17, 15) is 26.9 Å². The van der Waals surface area contributed by atoms with Crippen molar-refractivity contribution in [2.75, 3.05) is 18.5 Å². The Balaban J connectivity index is 1.57. The molecule has 39 heavy (non-hydrogen) atoms. The van der Waals surface area contributed by atoms with Gasteiger partial charge < -0.3 is 20.3 Å². The van der Waals surface area contributed by atoms with E-state index < -0.39 is 56.7 Å². The molecule has 4 rings (SSSR count). The number of hydrogen-bond acceptors (Lipinski definition) is 8. The van der Waals surface area contributed by atoms with Crippen LogP contribution in [0, 0.1) is 5.82 Å². The van der Waals surface area contributed by atoms with Crippen LogP contribution in [0.4, 0.5) is 27.8 Å². The number of carbonyl (C=O) groups excluding carboxylic acids is 1. The van der Waals surface area contributed by atoms with E-state index in [1.807, 2.05) is 0 Å². The number of halogens is 5. The van der Waals surface area contributed by atoms with Gasteiger partial charge in [0.1, 0.15) is 40.1 Å². The lowest BCUT2D eigenvalue weighted by Gasteiger charge is -2.61. The first-order chi connectivity index (χ1) is 18.1. The Morgan fingerprint density at radius 2 is 2.03 bits per heavy atom. The zero-order valence-corrected chi connectivity index (χ0v) is 22.2. The zero-order valence-electron chi connectivity index (χ0n) is 21.4. The molecular weight excluding hydrogens is 547 g/mol. The number of aliphatic imine (C=N–C) groups is 1. The lowest BCUT2D eigenvalue weighted by Crippen LogP contribution is -2.62. The number of aromatic nitrogens is 2. The molecule has 0 bridgehead atoms. The van der Waals surface area contributed by atoms with Gasteiger partial charge in [-0.3, -0.25) is 14.5 Å². The second-order valence-corrected chi connectivity index (χ2v) is 13.1. The Hall–Kier alpha value is -3.04. The largest absolute Gasteiger partial charge is 0.485 e. The van der Waals surface area contributed by atoms with Crippen LogP contribution in [0.3, 0.4) is 0 Å². The minimum atomic E-state index is -4.34. The number of amidine groups is 1. The summed E-state index contributed by atoms with van der Waals surface area (Å²) < 4.78 is 84.7. The van der Waals surface area contributed by atoms with Crippen LogP contribution in [-0.4, -0.2) is 61.8 Å². The van der Waals surface area contributed by atoms with Gasteiger partial charge in [0.2, 0.25) is 0 Å². The average Bonchev–Trinajstić information content (AvgIpc) is 2.88. The number of nitrogens with zero attached hydrogens (tertiary/aromatic N) is 3. The van der Waals surface area contributed by atoms with E-state index in [4.69, 9.17) is 5.73 Å². The maximum atomic E-state index is 15.2. The average molecular weight is 577 g/mol. The number of hydrogen-bond donors (Lipinski definition) is 4. The van der Waals surface area contributed by atoms with Crippen LogP contribution in [0.15, 0.2) is 35.5 Å². The van der Waals surface area contributed by atoms with Crippen LogP contribution in [0.2, 0.25) is 0 Å². The summed E-state index contributed by atoms with van der Waals surface area (Å²) in [4.78, 5) is 25.5. The van der Waals surface area contributed by atoms with E-state index in [-0.39, 0.29) is 28.8 Å². The molecule has 2 aliphatic heterocycles. The molecule has 2 aromatic heterocycles. The first-order valence-electron chi connectivity index (χ1n) is 12.0. The molecule has 214 valence electrons. The zero-order chi connectivity index (χ0) is 28.8. The highest BCUT2D eigenvalue weighted by atomic mass is 32.3. The summed E-state index contributed by atoms with van der Waals surface area (Å²) in [5.41, 5.74) is 4.68. The maximum absolute atomic E-state index is 15.2. The Bertz CT molecular complexity index is 1280. The molecule has 5 N–H and O–H groups in total. The van der Waals surface area contributed by atoms with Gasteiger partial charge in [0.15, 0.2) is 6.61 Å².